The molecule has 29 heavy (non-hydrogen) atoms. The number of benzene rings is 2. The molecule has 0 bridgehead atoms. The lowest BCUT2D eigenvalue weighted by molar-refractivity contribution is -0.117. The third-order valence-electron chi connectivity index (χ3n) is 5.61. The number of likely N-dealkylation sites (N-methyl/N-ethyl adjacent to an activating group) is 1. The van der Waals surface area contributed by atoms with Crippen LogP contribution in [-0.4, -0.2) is 61.3 Å². The van der Waals surface area contributed by atoms with Gasteiger partial charge in [0.2, 0.25) is 5.91 Å². The van der Waals surface area contributed by atoms with E-state index in [9.17, 15) is 9.59 Å². The summed E-state index contributed by atoms with van der Waals surface area (Å²) in [5.41, 5.74) is 2.30. The van der Waals surface area contributed by atoms with Gasteiger partial charge in [0.15, 0.2) is 5.78 Å². The van der Waals surface area contributed by atoms with Crippen molar-refractivity contribution in [3.8, 4) is 0 Å². The van der Waals surface area contributed by atoms with E-state index in [2.05, 4.69) is 36.0 Å². The molecule has 1 amide bonds. The van der Waals surface area contributed by atoms with Gasteiger partial charge in [0.25, 0.3) is 0 Å². The van der Waals surface area contributed by atoms with Crippen LogP contribution in [0.5, 0.6) is 0 Å². The molecule has 0 unspecified atom stereocenters. The minimum atomic E-state index is -0.246. The molecule has 0 aliphatic carbocycles. The van der Waals surface area contributed by atoms with Gasteiger partial charge in [-0.3, -0.25) is 14.5 Å². The summed E-state index contributed by atoms with van der Waals surface area (Å²) in [4.78, 5) is 29.5. The number of nitrogens with zero attached hydrogens (tertiary/aromatic N) is 2. The van der Waals surface area contributed by atoms with Crippen molar-refractivity contribution in [2.24, 2.45) is 0 Å². The molecule has 0 atom stereocenters. The average molecular weight is 394 g/mol. The molecule has 0 spiro atoms. The summed E-state index contributed by atoms with van der Waals surface area (Å²) in [5, 5.41) is 2.95. The topological polar surface area (TPSA) is 52.6 Å². The van der Waals surface area contributed by atoms with E-state index in [0.29, 0.717) is 18.5 Å². The molecule has 0 aromatic heterocycles. The van der Waals surface area contributed by atoms with Gasteiger partial charge in [0, 0.05) is 43.9 Å². The van der Waals surface area contributed by atoms with Crippen LogP contribution < -0.4 is 5.32 Å². The molecular formula is C24H31N3O2. The molecule has 1 aliphatic rings. The van der Waals surface area contributed by atoms with Gasteiger partial charge in [0.1, 0.15) is 0 Å². The third kappa shape index (κ3) is 5.99. The molecule has 2 aromatic rings. The van der Waals surface area contributed by atoms with E-state index >= 15 is 0 Å². The molecule has 1 fully saturated rings. The number of anilines is 1. The fraction of sp³-hybridized carbons (Fsp3) is 0.417. The van der Waals surface area contributed by atoms with Gasteiger partial charge < -0.3 is 10.2 Å². The molecule has 2 aromatic carbocycles. The Morgan fingerprint density at radius 2 is 1.55 bits per heavy atom. The summed E-state index contributed by atoms with van der Waals surface area (Å²) < 4.78 is 0. The zero-order valence-electron chi connectivity index (χ0n) is 17.6. The number of rotatable bonds is 7. The van der Waals surface area contributed by atoms with Crippen LogP contribution in [0.4, 0.5) is 5.69 Å². The molecule has 1 saturated heterocycles. The van der Waals surface area contributed by atoms with E-state index in [-0.39, 0.29) is 17.1 Å². The standard InChI is InChI=1S/C24H31N3O2/c1-24(2,20-7-5-4-6-8-20)17-23(29)25-21-11-9-19(10-12-21)22(28)18-27-15-13-26(3)14-16-27/h4-12H,13-18H2,1-3H3,(H,25,29). The number of nitrogens with one attached hydrogen (secondary N) is 1. The summed E-state index contributed by atoms with van der Waals surface area (Å²) in [6, 6.07) is 17.3. The Bertz CT molecular complexity index is 823. The average Bonchev–Trinajstić information content (AvgIpc) is 2.70. The summed E-state index contributed by atoms with van der Waals surface area (Å²) in [6.07, 6.45) is 0.390. The van der Waals surface area contributed by atoms with Crippen molar-refractivity contribution in [3.63, 3.8) is 0 Å². The van der Waals surface area contributed by atoms with Crippen LogP contribution in [0.3, 0.4) is 0 Å². The van der Waals surface area contributed by atoms with Crippen LogP contribution in [0.25, 0.3) is 0 Å². The van der Waals surface area contributed by atoms with Gasteiger partial charge in [-0.2, -0.15) is 0 Å². The second kappa shape index (κ2) is 9.33. The van der Waals surface area contributed by atoms with Crippen LogP contribution in [-0.2, 0) is 10.2 Å². The first kappa shape index (κ1) is 21.2. The predicted octanol–water partition coefficient (Wildman–Crippen LogP) is 3.42. The maximum Gasteiger partial charge on any atom is 0.225 e. The lowest BCUT2D eigenvalue weighted by atomic mass is 9.81. The van der Waals surface area contributed by atoms with Crippen molar-refractivity contribution in [1.82, 2.24) is 9.80 Å². The minimum Gasteiger partial charge on any atom is -0.326 e. The van der Waals surface area contributed by atoms with Gasteiger partial charge in [-0.25, -0.2) is 0 Å². The normalized spacial score (nSPS) is 15.8. The van der Waals surface area contributed by atoms with Crippen molar-refractivity contribution in [3.05, 3.63) is 65.7 Å². The molecule has 3 rings (SSSR count). The van der Waals surface area contributed by atoms with Gasteiger partial charge in [-0.15, -0.1) is 0 Å². The first-order valence-electron chi connectivity index (χ1n) is 10.2. The smallest absolute Gasteiger partial charge is 0.225 e. The Morgan fingerprint density at radius 1 is 0.931 bits per heavy atom. The highest BCUT2D eigenvalue weighted by atomic mass is 16.1. The zero-order chi connectivity index (χ0) is 20.9. The second-order valence-corrected chi connectivity index (χ2v) is 8.55. The van der Waals surface area contributed by atoms with E-state index in [1.54, 1.807) is 12.1 Å². The fourth-order valence-corrected chi connectivity index (χ4v) is 3.64. The summed E-state index contributed by atoms with van der Waals surface area (Å²) in [6.45, 7) is 8.44. The first-order chi connectivity index (χ1) is 13.8. The Kier molecular flexibility index (Phi) is 6.83. The maximum atomic E-state index is 12.5. The van der Waals surface area contributed by atoms with E-state index < -0.39 is 0 Å². The number of ketones is 1. The van der Waals surface area contributed by atoms with E-state index in [4.69, 9.17) is 0 Å². The van der Waals surface area contributed by atoms with Gasteiger partial charge in [-0.05, 0) is 42.3 Å². The molecular weight excluding hydrogens is 362 g/mol. The van der Waals surface area contributed by atoms with Crippen LogP contribution in [0, 0.1) is 0 Å². The molecule has 0 radical (unpaired) electrons. The van der Waals surface area contributed by atoms with Crippen molar-refractivity contribution in [1.29, 1.82) is 0 Å². The van der Waals surface area contributed by atoms with Crippen molar-refractivity contribution in [2.45, 2.75) is 25.7 Å². The zero-order valence-corrected chi connectivity index (χ0v) is 17.6. The molecule has 5 heteroatoms. The number of Topliss-reactive ketones (excluding diaryl/α,β-unsaturated/α-hetero) is 1. The van der Waals surface area contributed by atoms with E-state index in [0.717, 1.165) is 37.4 Å². The van der Waals surface area contributed by atoms with Gasteiger partial charge in [0.05, 0.1) is 6.54 Å². The van der Waals surface area contributed by atoms with Crippen LogP contribution in [0.1, 0.15) is 36.2 Å². The number of piperazine rings is 1. The molecule has 1 heterocycles. The predicted molar refractivity (Wildman–Crippen MR) is 117 cm³/mol. The highest BCUT2D eigenvalue weighted by molar-refractivity contribution is 5.98. The second-order valence-electron chi connectivity index (χ2n) is 8.55. The summed E-state index contributed by atoms with van der Waals surface area (Å²) >= 11 is 0. The molecule has 154 valence electrons. The molecule has 5 nitrogen and oxygen atoms in total. The Labute approximate surface area is 173 Å². The van der Waals surface area contributed by atoms with Gasteiger partial charge in [-0.1, -0.05) is 44.2 Å². The number of hydrogen-bond donors (Lipinski definition) is 1. The van der Waals surface area contributed by atoms with Crippen LogP contribution in [0.15, 0.2) is 54.6 Å². The van der Waals surface area contributed by atoms with Crippen molar-refractivity contribution < 1.29 is 9.59 Å². The molecule has 1 aliphatic heterocycles. The minimum absolute atomic E-state index is 0.0321. The summed E-state index contributed by atoms with van der Waals surface area (Å²) in [5.74, 6) is 0.0907. The van der Waals surface area contributed by atoms with Gasteiger partial charge >= 0.3 is 0 Å². The Hall–Kier alpha value is -2.50. The number of hydrogen-bond acceptors (Lipinski definition) is 4. The number of carbonyl (C=O) groups excluding carboxylic acids is 2. The van der Waals surface area contributed by atoms with Crippen molar-refractivity contribution >= 4 is 17.4 Å². The Morgan fingerprint density at radius 3 is 2.17 bits per heavy atom. The third-order valence-corrected chi connectivity index (χ3v) is 5.61. The lowest BCUT2D eigenvalue weighted by Crippen LogP contribution is -2.46. The lowest BCUT2D eigenvalue weighted by Gasteiger charge is -2.31. The number of carbonyl (C=O) groups is 2. The molecule has 0 saturated carbocycles. The summed E-state index contributed by atoms with van der Waals surface area (Å²) in [7, 11) is 2.10. The highest BCUT2D eigenvalue weighted by Crippen LogP contribution is 2.27. The van der Waals surface area contributed by atoms with E-state index in [1.165, 1.54) is 0 Å². The highest BCUT2D eigenvalue weighted by Gasteiger charge is 2.24. The number of amides is 1. The van der Waals surface area contributed by atoms with Crippen LogP contribution in [0.2, 0.25) is 0 Å². The first-order valence-corrected chi connectivity index (χ1v) is 10.2. The Balaban J connectivity index is 1.53. The quantitative estimate of drug-likeness (QED) is 0.733. The SMILES string of the molecule is CN1CCN(CC(=O)c2ccc(NC(=O)CC(C)(C)c3ccccc3)cc2)CC1. The van der Waals surface area contributed by atoms with Crippen LogP contribution >= 0.6 is 0 Å². The van der Waals surface area contributed by atoms with E-state index in [1.807, 2.05) is 42.5 Å². The monoisotopic (exact) mass is 393 g/mol. The largest absolute Gasteiger partial charge is 0.326 e. The van der Waals surface area contributed by atoms with Crippen molar-refractivity contribution in [2.75, 3.05) is 45.1 Å². The molecule has 1 N–H and O–H groups in total. The fourth-order valence-electron chi connectivity index (χ4n) is 3.64. The maximum absolute atomic E-state index is 12.5.